The van der Waals surface area contributed by atoms with E-state index in [2.05, 4.69) is 5.32 Å². The van der Waals surface area contributed by atoms with Crippen molar-refractivity contribution in [2.24, 2.45) is 0 Å². The number of amides is 1. The van der Waals surface area contributed by atoms with Crippen molar-refractivity contribution in [3.8, 4) is 0 Å². The number of aliphatic hydroxyl groups excluding tert-OH is 1. The van der Waals surface area contributed by atoms with Crippen molar-refractivity contribution < 1.29 is 24.5 Å². The molecule has 0 radical (unpaired) electrons. The maximum absolute atomic E-state index is 11.7. The average Bonchev–Trinajstić information content (AvgIpc) is 2.38. The molecule has 18 heavy (non-hydrogen) atoms. The number of carbonyl (C=O) groups excluding carboxylic acids is 1. The van der Waals surface area contributed by atoms with Gasteiger partial charge in [-0.3, -0.25) is 4.79 Å². The van der Waals surface area contributed by atoms with Gasteiger partial charge in [0.2, 0.25) is 0 Å². The molecule has 0 heterocycles. The van der Waals surface area contributed by atoms with Gasteiger partial charge in [0.25, 0.3) is 5.91 Å². The lowest BCUT2D eigenvalue weighted by Gasteiger charge is -2.13. The minimum Gasteiger partial charge on any atom is -0.480 e. The molecule has 0 aliphatic heterocycles. The van der Waals surface area contributed by atoms with Crippen molar-refractivity contribution in [2.45, 2.75) is 12.6 Å². The monoisotopic (exact) mass is 253 g/mol. The van der Waals surface area contributed by atoms with E-state index in [0.29, 0.717) is 11.1 Å². The van der Waals surface area contributed by atoms with Crippen LogP contribution in [0.25, 0.3) is 0 Å². The van der Waals surface area contributed by atoms with Crippen molar-refractivity contribution in [3.63, 3.8) is 0 Å². The summed E-state index contributed by atoms with van der Waals surface area (Å²) in [7, 11) is 1.36. The number of hydrogen-bond acceptors (Lipinski definition) is 4. The van der Waals surface area contributed by atoms with Crippen molar-refractivity contribution in [1.82, 2.24) is 5.32 Å². The molecular weight excluding hydrogens is 238 g/mol. The average molecular weight is 253 g/mol. The SMILES string of the molecule is COCC(NC(=O)c1ccc(CO)cc1)C(=O)O. The number of aliphatic carboxylic acids is 1. The van der Waals surface area contributed by atoms with Crippen molar-refractivity contribution in [1.29, 1.82) is 0 Å². The first-order valence-corrected chi connectivity index (χ1v) is 5.31. The Balaban J connectivity index is 2.70. The van der Waals surface area contributed by atoms with Crippen LogP contribution < -0.4 is 5.32 Å². The molecule has 1 atom stereocenters. The zero-order valence-corrected chi connectivity index (χ0v) is 9.92. The molecule has 98 valence electrons. The number of benzene rings is 1. The van der Waals surface area contributed by atoms with Crippen LogP contribution in [-0.4, -0.2) is 41.8 Å². The van der Waals surface area contributed by atoms with E-state index in [-0.39, 0.29) is 13.2 Å². The van der Waals surface area contributed by atoms with Crippen molar-refractivity contribution >= 4 is 11.9 Å². The van der Waals surface area contributed by atoms with Crippen molar-refractivity contribution in [3.05, 3.63) is 35.4 Å². The van der Waals surface area contributed by atoms with Gasteiger partial charge in [-0.05, 0) is 17.7 Å². The summed E-state index contributed by atoms with van der Waals surface area (Å²) in [6.45, 7) is -0.209. The molecule has 1 unspecified atom stereocenters. The summed E-state index contributed by atoms with van der Waals surface area (Å²) in [5.74, 6) is -1.65. The zero-order chi connectivity index (χ0) is 13.5. The molecule has 3 N–H and O–H groups in total. The number of rotatable bonds is 6. The fourth-order valence-corrected chi connectivity index (χ4v) is 1.34. The molecule has 6 heteroatoms. The van der Waals surface area contributed by atoms with Crippen LogP contribution in [0, 0.1) is 0 Å². The number of nitrogens with one attached hydrogen (secondary N) is 1. The predicted molar refractivity (Wildman–Crippen MR) is 63.1 cm³/mol. The van der Waals surface area contributed by atoms with E-state index in [9.17, 15) is 9.59 Å². The van der Waals surface area contributed by atoms with E-state index in [4.69, 9.17) is 14.9 Å². The Bertz CT molecular complexity index is 415. The van der Waals surface area contributed by atoms with Crippen LogP contribution in [-0.2, 0) is 16.1 Å². The standard InChI is InChI=1S/C12H15NO5/c1-18-7-10(12(16)17)13-11(15)9-4-2-8(6-14)3-5-9/h2-5,10,14H,6-7H2,1H3,(H,13,15)(H,16,17). The van der Waals surface area contributed by atoms with Crippen LogP contribution in [0.15, 0.2) is 24.3 Å². The Hall–Kier alpha value is -1.92. The highest BCUT2D eigenvalue weighted by Gasteiger charge is 2.20. The topological polar surface area (TPSA) is 95.9 Å². The largest absolute Gasteiger partial charge is 0.480 e. The van der Waals surface area contributed by atoms with Gasteiger partial charge < -0.3 is 20.3 Å². The minimum absolute atomic E-state index is 0.101. The Labute approximate surface area is 104 Å². The van der Waals surface area contributed by atoms with Gasteiger partial charge in [0, 0.05) is 12.7 Å². The second-order valence-corrected chi connectivity index (χ2v) is 3.67. The third kappa shape index (κ3) is 3.83. The van der Waals surface area contributed by atoms with Gasteiger partial charge in [-0.2, -0.15) is 0 Å². The first kappa shape index (κ1) is 14.1. The predicted octanol–water partition coefficient (Wildman–Crippen LogP) is 0.00830. The number of aliphatic hydroxyl groups is 1. The highest BCUT2D eigenvalue weighted by Crippen LogP contribution is 2.04. The minimum atomic E-state index is -1.16. The lowest BCUT2D eigenvalue weighted by atomic mass is 10.1. The molecule has 0 aliphatic carbocycles. The Kier molecular flexibility index (Phi) is 5.29. The summed E-state index contributed by atoms with van der Waals surface area (Å²) in [4.78, 5) is 22.6. The van der Waals surface area contributed by atoms with Gasteiger partial charge in [-0.15, -0.1) is 0 Å². The second-order valence-electron chi connectivity index (χ2n) is 3.67. The molecule has 1 amide bonds. The first-order valence-electron chi connectivity index (χ1n) is 5.31. The number of carboxylic acids is 1. The van der Waals surface area contributed by atoms with Crippen LogP contribution in [0.2, 0.25) is 0 Å². The fraction of sp³-hybridized carbons (Fsp3) is 0.333. The van der Waals surface area contributed by atoms with Gasteiger partial charge in [0.05, 0.1) is 13.2 Å². The molecule has 0 fully saturated rings. The van der Waals surface area contributed by atoms with Crippen LogP contribution in [0.3, 0.4) is 0 Å². The van der Waals surface area contributed by atoms with E-state index in [0.717, 1.165) is 0 Å². The highest BCUT2D eigenvalue weighted by atomic mass is 16.5. The van der Waals surface area contributed by atoms with Crippen LogP contribution in [0.1, 0.15) is 15.9 Å². The van der Waals surface area contributed by atoms with E-state index >= 15 is 0 Å². The van der Waals surface area contributed by atoms with Crippen LogP contribution in [0.4, 0.5) is 0 Å². The molecule has 1 rings (SSSR count). The van der Waals surface area contributed by atoms with Gasteiger partial charge in [-0.1, -0.05) is 12.1 Å². The van der Waals surface area contributed by atoms with Gasteiger partial charge in [0.15, 0.2) is 6.04 Å². The van der Waals surface area contributed by atoms with Crippen LogP contribution >= 0.6 is 0 Å². The van der Waals surface area contributed by atoms with Gasteiger partial charge in [0.1, 0.15) is 0 Å². The van der Waals surface area contributed by atoms with Gasteiger partial charge in [-0.25, -0.2) is 4.79 Å². The number of carbonyl (C=O) groups is 2. The number of methoxy groups -OCH3 is 1. The van der Waals surface area contributed by atoms with Crippen LogP contribution in [0.5, 0.6) is 0 Å². The third-order valence-electron chi connectivity index (χ3n) is 2.34. The smallest absolute Gasteiger partial charge is 0.328 e. The molecule has 0 bridgehead atoms. The van der Waals surface area contributed by atoms with E-state index in [1.807, 2.05) is 0 Å². The summed E-state index contributed by atoms with van der Waals surface area (Å²) in [6.07, 6.45) is 0. The molecular formula is C12H15NO5. The molecule has 0 aromatic heterocycles. The maximum Gasteiger partial charge on any atom is 0.328 e. The summed E-state index contributed by atoms with van der Waals surface area (Å²) in [6, 6.07) is 5.15. The van der Waals surface area contributed by atoms with Gasteiger partial charge >= 0.3 is 5.97 Å². The zero-order valence-electron chi connectivity index (χ0n) is 9.92. The van der Waals surface area contributed by atoms with E-state index < -0.39 is 17.9 Å². The number of ether oxygens (including phenoxy) is 1. The molecule has 0 aliphatic rings. The summed E-state index contributed by atoms with van der Waals surface area (Å²) >= 11 is 0. The fourth-order valence-electron chi connectivity index (χ4n) is 1.34. The molecule has 0 saturated heterocycles. The highest BCUT2D eigenvalue weighted by molar-refractivity contribution is 5.96. The summed E-state index contributed by atoms with van der Waals surface area (Å²) in [5.41, 5.74) is 1.01. The molecule has 0 spiro atoms. The third-order valence-corrected chi connectivity index (χ3v) is 2.34. The second kappa shape index (κ2) is 6.73. The number of carboxylic acid groups (broad SMARTS) is 1. The summed E-state index contributed by atoms with van der Waals surface area (Å²) in [5, 5.41) is 20.1. The Morgan fingerprint density at radius 3 is 2.39 bits per heavy atom. The number of hydrogen-bond donors (Lipinski definition) is 3. The molecule has 0 saturated carbocycles. The Morgan fingerprint density at radius 2 is 1.94 bits per heavy atom. The molecule has 6 nitrogen and oxygen atoms in total. The lowest BCUT2D eigenvalue weighted by Crippen LogP contribution is -2.43. The Morgan fingerprint density at radius 1 is 1.33 bits per heavy atom. The quantitative estimate of drug-likeness (QED) is 0.663. The summed E-state index contributed by atoms with van der Waals surface area (Å²) < 4.78 is 4.71. The van der Waals surface area contributed by atoms with E-state index in [1.165, 1.54) is 19.2 Å². The van der Waals surface area contributed by atoms with E-state index in [1.54, 1.807) is 12.1 Å². The first-order chi connectivity index (χ1) is 8.58. The normalized spacial score (nSPS) is 11.9. The lowest BCUT2D eigenvalue weighted by molar-refractivity contribution is -0.140. The molecule has 1 aromatic rings. The maximum atomic E-state index is 11.7. The molecule has 1 aromatic carbocycles. The van der Waals surface area contributed by atoms with Crippen molar-refractivity contribution in [2.75, 3.05) is 13.7 Å².